The molecule has 39 heavy (non-hydrogen) atoms. The molecule has 3 aromatic carbocycles. The van der Waals surface area contributed by atoms with E-state index in [0.29, 0.717) is 19.5 Å². The van der Waals surface area contributed by atoms with Crippen molar-refractivity contribution in [2.75, 3.05) is 24.5 Å². The molecule has 0 N–H and O–H groups in total. The highest BCUT2D eigenvalue weighted by Gasteiger charge is 2.34. The zero-order valence-electron chi connectivity index (χ0n) is 22.5. The lowest BCUT2D eigenvalue weighted by molar-refractivity contribution is -0.132. The van der Waals surface area contributed by atoms with E-state index in [1.165, 1.54) is 0 Å². The van der Waals surface area contributed by atoms with E-state index < -0.39 is 0 Å². The summed E-state index contributed by atoms with van der Waals surface area (Å²) >= 11 is 0. The zero-order valence-corrected chi connectivity index (χ0v) is 22.5. The summed E-state index contributed by atoms with van der Waals surface area (Å²) in [6, 6.07) is 30.3. The molecule has 1 fully saturated rings. The van der Waals surface area contributed by atoms with Crippen molar-refractivity contribution in [3.63, 3.8) is 0 Å². The molecule has 6 nitrogen and oxygen atoms in total. The Labute approximate surface area is 230 Å². The van der Waals surface area contributed by atoms with Crippen molar-refractivity contribution in [1.29, 1.82) is 0 Å². The van der Waals surface area contributed by atoms with Gasteiger partial charge in [0, 0.05) is 37.2 Å². The van der Waals surface area contributed by atoms with Crippen LogP contribution in [0.4, 0.5) is 5.82 Å². The fourth-order valence-electron chi connectivity index (χ4n) is 5.86. The van der Waals surface area contributed by atoms with Gasteiger partial charge in [0.2, 0.25) is 5.91 Å². The average molecular weight is 519 g/mol. The molecular weight excluding hydrogens is 484 g/mol. The van der Waals surface area contributed by atoms with Crippen molar-refractivity contribution in [3.8, 4) is 11.4 Å². The molecule has 3 heterocycles. The largest absolute Gasteiger partial charge is 0.372 e. The second-order valence-electron chi connectivity index (χ2n) is 10.6. The minimum atomic E-state index is -0.356. The van der Waals surface area contributed by atoms with Crippen molar-refractivity contribution in [1.82, 2.24) is 14.9 Å². The third-order valence-corrected chi connectivity index (χ3v) is 7.61. The second kappa shape index (κ2) is 11.0. The standard InChI is InChI=1S/C33H34N4O2/c1-23-20-37(21-24(2)39-23)32-28-22-36(19-18-29(28)34-31(35-32)27-16-10-5-11-17-27)33(38)30(25-12-6-3-7-13-25)26-14-8-4-9-15-26/h3-17,23-24,30H,18-22H2,1-2H3/t23-,24-/m0/s1. The summed E-state index contributed by atoms with van der Waals surface area (Å²) in [4.78, 5) is 28.7. The normalized spacial score (nSPS) is 19.2. The van der Waals surface area contributed by atoms with E-state index in [4.69, 9.17) is 14.7 Å². The van der Waals surface area contributed by atoms with Gasteiger partial charge in [0.05, 0.1) is 30.4 Å². The number of amides is 1. The highest BCUT2D eigenvalue weighted by atomic mass is 16.5. The predicted molar refractivity (Wildman–Crippen MR) is 154 cm³/mol. The zero-order chi connectivity index (χ0) is 26.8. The maximum Gasteiger partial charge on any atom is 0.234 e. The van der Waals surface area contributed by atoms with Gasteiger partial charge in [-0.2, -0.15) is 0 Å². The maximum atomic E-state index is 14.2. The number of anilines is 1. The van der Waals surface area contributed by atoms with Gasteiger partial charge < -0.3 is 14.5 Å². The molecule has 2 atom stereocenters. The first-order valence-corrected chi connectivity index (χ1v) is 13.8. The lowest BCUT2D eigenvalue weighted by atomic mass is 9.89. The van der Waals surface area contributed by atoms with Crippen LogP contribution in [0.5, 0.6) is 0 Å². The molecule has 6 rings (SSSR count). The van der Waals surface area contributed by atoms with Crippen LogP contribution in [0.1, 0.15) is 42.1 Å². The Balaban J connectivity index is 1.39. The van der Waals surface area contributed by atoms with Crippen molar-refractivity contribution in [2.24, 2.45) is 0 Å². The van der Waals surface area contributed by atoms with Gasteiger partial charge in [-0.15, -0.1) is 0 Å². The van der Waals surface area contributed by atoms with Gasteiger partial charge in [0.15, 0.2) is 5.82 Å². The van der Waals surface area contributed by atoms with E-state index >= 15 is 0 Å². The highest BCUT2D eigenvalue weighted by Crippen LogP contribution is 2.34. The molecule has 0 bridgehead atoms. The number of nitrogens with zero attached hydrogens (tertiary/aromatic N) is 4. The number of fused-ring (bicyclic) bond motifs is 1. The monoisotopic (exact) mass is 518 g/mol. The number of hydrogen-bond donors (Lipinski definition) is 0. The summed E-state index contributed by atoms with van der Waals surface area (Å²) in [5.41, 5.74) is 5.10. The van der Waals surface area contributed by atoms with E-state index in [-0.39, 0.29) is 24.0 Å². The van der Waals surface area contributed by atoms with E-state index in [2.05, 4.69) is 30.9 Å². The lowest BCUT2D eigenvalue weighted by Crippen LogP contribution is -2.47. The first-order chi connectivity index (χ1) is 19.1. The molecule has 0 saturated carbocycles. The average Bonchev–Trinajstić information content (AvgIpc) is 2.97. The van der Waals surface area contributed by atoms with E-state index in [1.807, 2.05) is 83.8 Å². The van der Waals surface area contributed by atoms with Gasteiger partial charge in [-0.05, 0) is 25.0 Å². The lowest BCUT2D eigenvalue weighted by Gasteiger charge is -2.39. The van der Waals surface area contributed by atoms with Crippen LogP contribution < -0.4 is 4.90 Å². The van der Waals surface area contributed by atoms with Crippen LogP contribution >= 0.6 is 0 Å². The number of carbonyl (C=O) groups excluding carboxylic acids is 1. The number of ether oxygens (including phenoxy) is 1. The number of hydrogen-bond acceptors (Lipinski definition) is 5. The van der Waals surface area contributed by atoms with Crippen LogP contribution in [0, 0.1) is 0 Å². The fourth-order valence-corrected chi connectivity index (χ4v) is 5.86. The van der Waals surface area contributed by atoms with Gasteiger partial charge in [-0.3, -0.25) is 4.79 Å². The molecule has 1 amide bonds. The molecule has 6 heteroatoms. The minimum absolute atomic E-state index is 0.0985. The predicted octanol–water partition coefficient (Wildman–Crippen LogP) is 5.47. The van der Waals surface area contributed by atoms with Crippen molar-refractivity contribution in [2.45, 2.75) is 44.9 Å². The number of carbonyl (C=O) groups is 1. The van der Waals surface area contributed by atoms with Gasteiger partial charge >= 0.3 is 0 Å². The number of morpholine rings is 1. The van der Waals surface area contributed by atoms with Crippen LogP contribution in [0.25, 0.3) is 11.4 Å². The Bertz CT molecular complexity index is 1380. The van der Waals surface area contributed by atoms with Gasteiger partial charge in [-0.1, -0.05) is 91.0 Å². The van der Waals surface area contributed by atoms with Crippen LogP contribution in [0.2, 0.25) is 0 Å². The van der Waals surface area contributed by atoms with Crippen molar-refractivity contribution >= 4 is 11.7 Å². The molecule has 0 aliphatic carbocycles. The van der Waals surface area contributed by atoms with Crippen LogP contribution in [-0.2, 0) is 22.5 Å². The summed E-state index contributed by atoms with van der Waals surface area (Å²) in [6.45, 7) is 6.85. The fraction of sp³-hybridized carbons (Fsp3) is 0.303. The van der Waals surface area contributed by atoms with Crippen LogP contribution in [0.3, 0.4) is 0 Å². The molecule has 0 unspecified atom stereocenters. The molecule has 1 saturated heterocycles. The Morgan fingerprint density at radius 3 is 1.97 bits per heavy atom. The van der Waals surface area contributed by atoms with E-state index in [0.717, 1.165) is 52.7 Å². The molecule has 0 spiro atoms. The topological polar surface area (TPSA) is 58.6 Å². The number of benzene rings is 3. The molecule has 2 aliphatic rings. The van der Waals surface area contributed by atoms with Gasteiger partial charge in [0.1, 0.15) is 5.82 Å². The molecule has 198 valence electrons. The Morgan fingerprint density at radius 2 is 1.38 bits per heavy atom. The third kappa shape index (κ3) is 5.30. The van der Waals surface area contributed by atoms with E-state index in [1.54, 1.807) is 0 Å². The molecule has 2 aliphatic heterocycles. The van der Waals surface area contributed by atoms with Crippen LogP contribution in [0.15, 0.2) is 91.0 Å². The Morgan fingerprint density at radius 1 is 0.821 bits per heavy atom. The second-order valence-corrected chi connectivity index (χ2v) is 10.6. The smallest absolute Gasteiger partial charge is 0.234 e. The minimum Gasteiger partial charge on any atom is -0.372 e. The van der Waals surface area contributed by atoms with Crippen LogP contribution in [-0.4, -0.2) is 52.6 Å². The molecule has 0 radical (unpaired) electrons. The van der Waals surface area contributed by atoms with Crippen molar-refractivity contribution in [3.05, 3.63) is 113 Å². The van der Waals surface area contributed by atoms with Gasteiger partial charge in [0.25, 0.3) is 0 Å². The summed E-state index contributed by atoms with van der Waals surface area (Å²) in [5, 5.41) is 0. The summed E-state index contributed by atoms with van der Waals surface area (Å²) in [5.74, 6) is 1.42. The Kier molecular flexibility index (Phi) is 7.12. The maximum absolute atomic E-state index is 14.2. The first kappa shape index (κ1) is 25.3. The number of rotatable bonds is 5. The molecule has 1 aromatic heterocycles. The number of aromatic nitrogens is 2. The quantitative estimate of drug-likeness (QED) is 0.351. The summed E-state index contributed by atoms with van der Waals surface area (Å²) in [6.07, 6.45) is 0.894. The Hall–Kier alpha value is -4.03. The summed E-state index contributed by atoms with van der Waals surface area (Å²) < 4.78 is 6.04. The first-order valence-electron chi connectivity index (χ1n) is 13.8. The van der Waals surface area contributed by atoms with E-state index in [9.17, 15) is 4.79 Å². The summed E-state index contributed by atoms with van der Waals surface area (Å²) in [7, 11) is 0. The molecule has 4 aromatic rings. The van der Waals surface area contributed by atoms with Gasteiger partial charge in [-0.25, -0.2) is 9.97 Å². The molecular formula is C33H34N4O2. The SMILES string of the molecule is C[C@H]1CN(c2nc(-c3ccccc3)nc3c2CN(C(=O)C(c2ccccc2)c2ccccc2)CC3)C[C@H](C)O1. The van der Waals surface area contributed by atoms with Crippen molar-refractivity contribution < 1.29 is 9.53 Å². The third-order valence-electron chi connectivity index (χ3n) is 7.61. The highest BCUT2D eigenvalue weighted by molar-refractivity contribution is 5.87.